The van der Waals surface area contributed by atoms with Gasteiger partial charge in [-0.2, -0.15) is 0 Å². The minimum atomic E-state index is -0.610. The number of nitrogens with zero attached hydrogens (tertiary/aromatic N) is 1. The van der Waals surface area contributed by atoms with E-state index in [1.54, 1.807) is 6.07 Å². The van der Waals surface area contributed by atoms with Crippen LogP contribution in [0, 0.1) is 10.1 Å². The molecule has 0 saturated heterocycles. The summed E-state index contributed by atoms with van der Waals surface area (Å²) < 4.78 is 4.97. The normalized spacial score (nSPS) is 11.4. The SMILES string of the molecule is COc1cccc(C(=O)NC(C)CNc2ccccc2)c1[N+](=O)[O-]. The molecule has 7 nitrogen and oxygen atoms in total. The average molecular weight is 329 g/mol. The fraction of sp³-hybridized carbons (Fsp3) is 0.235. The van der Waals surface area contributed by atoms with Crippen LogP contribution < -0.4 is 15.4 Å². The zero-order valence-corrected chi connectivity index (χ0v) is 13.5. The Morgan fingerprint density at radius 3 is 2.54 bits per heavy atom. The number of anilines is 1. The van der Waals surface area contributed by atoms with Crippen molar-refractivity contribution < 1.29 is 14.5 Å². The van der Waals surface area contributed by atoms with E-state index in [0.717, 1.165) is 5.69 Å². The van der Waals surface area contributed by atoms with Crippen molar-refractivity contribution in [3.63, 3.8) is 0 Å². The highest BCUT2D eigenvalue weighted by Gasteiger charge is 2.25. The van der Waals surface area contributed by atoms with Crippen LogP contribution in [0.1, 0.15) is 17.3 Å². The molecule has 0 spiro atoms. The highest BCUT2D eigenvalue weighted by atomic mass is 16.6. The summed E-state index contributed by atoms with van der Waals surface area (Å²) in [4.78, 5) is 23.0. The van der Waals surface area contributed by atoms with Crippen LogP contribution in [0.4, 0.5) is 11.4 Å². The average Bonchev–Trinajstić information content (AvgIpc) is 2.59. The summed E-state index contributed by atoms with van der Waals surface area (Å²) in [6.07, 6.45) is 0. The number of nitro benzene ring substituents is 1. The molecule has 7 heteroatoms. The van der Waals surface area contributed by atoms with E-state index in [2.05, 4.69) is 10.6 Å². The van der Waals surface area contributed by atoms with Crippen molar-refractivity contribution >= 4 is 17.3 Å². The van der Waals surface area contributed by atoms with Gasteiger partial charge in [-0.15, -0.1) is 0 Å². The van der Waals surface area contributed by atoms with Crippen molar-refractivity contribution in [1.82, 2.24) is 5.32 Å². The summed E-state index contributed by atoms with van der Waals surface area (Å²) in [5.74, 6) is -0.453. The van der Waals surface area contributed by atoms with Gasteiger partial charge in [-0.05, 0) is 31.2 Å². The number of para-hydroxylation sites is 2. The second-order valence-corrected chi connectivity index (χ2v) is 5.23. The Kier molecular flexibility index (Phi) is 5.73. The lowest BCUT2D eigenvalue weighted by molar-refractivity contribution is -0.386. The van der Waals surface area contributed by atoms with E-state index < -0.39 is 10.8 Å². The van der Waals surface area contributed by atoms with Crippen LogP contribution in [-0.4, -0.2) is 30.5 Å². The van der Waals surface area contributed by atoms with Crippen LogP contribution in [0.15, 0.2) is 48.5 Å². The predicted molar refractivity (Wildman–Crippen MR) is 91.5 cm³/mol. The number of carbonyl (C=O) groups is 1. The number of nitrogens with one attached hydrogen (secondary N) is 2. The zero-order chi connectivity index (χ0) is 17.5. The maximum Gasteiger partial charge on any atom is 0.323 e. The Labute approximate surface area is 139 Å². The largest absolute Gasteiger partial charge is 0.490 e. The van der Waals surface area contributed by atoms with Gasteiger partial charge in [-0.1, -0.05) is 24.3 Å². The minimum absolute atomic E-state index is 0.0223. The Morgan fingerprint density at radius 1 is 1.21 bits per heavy atom. The van der Waals surface area contributed by atoms with Gasteiger partial charge in [0.25, 0.3) is 5.91 Å². The quantitative estimate of drug-likeness (QED) is 0.602. The monoisotopic (exact) mass is 329 g/mol. The van der Waals surface area contributed by atoms with E-state index in [1.165, 1.54) is 19.2 Å². The molecule has 126 valence electrons. The topological polar surface area (TPSA) is 93.5 Å². The second kappa shape index (κ2) is 7.96. The van der Waals surface area contributed by atoms with Gasteiger partial charge in [-0.3, -0.25) is 14.9 Å². The van der Waals surface area contributed by atoms with Gasteiger partial charge in [0.1, 0.15) is 5.56 Å². The number of nitro groups is 1. The van der Waals surface area contributed by atoms with Crippen molar-refractivity contribution in [3.8, 4) is 5.75 Å². The molecule has 1 unspecified atom stereocenters. The Morgan fingerprint density at radius 2 is 1.92 bits per heavy atom. The Balaban J connectivity index is 2.05. The first-order chi connectivity index (χ1) is 11.5. The second-order valence-electron chi connectivity index (χ2n) is 5.23. The molecule has 0 saturated carbocycles. The third-order valence-corrected chi connectivity index (χ3v) is 3.41. The molecule has 2 aromatic carbocycles. The molecule has 0 aliphatic rings. The molecule has 0 radical (unpaired) electrons. The molecule has 0 aromatic heterocycles. The van der Waals surface area contributed by atoms with Gasteiger partial charge >= 0.3 is 5.69 Å². The molecular weight excluding hydrogens is 310 g/mol. The molecule has 2 rings (SSSR count). The molecule has 2 aromatic rings. The summed E-state index contributed by atoms with van der Waals surface area (Å²) >= 11 is 0. The van der Waals surface area contributed by atoms with Gasteiger partial charge < -0.3 is 15.4 Å². The Bertz CT molecular complexity index is 719. The van der Waals surface area contributed by atoms with Crippen LogP contribution >= 0.6 is 0 Å². The number of amides is 1. The molecule has 0 fully saturated rings. The molecule has 0 bridgehead atoms. The molecule has 1 amide bonds. The van der Waals surface area contributed by atoms with Gasteiger partial charge in [0.2, 0.25) is 0 Å². The van der Waals surface area contributed by atoms with E-state index >= 15 is 0 Å². The lowest BCUT2D eigenvalue weighted by Gasteiger charge is -2.16. The molecule has 0 aliphatic heterocycles. The number of ether oxygens (including phenoxy) is 1. The van der Waals surface area contributed by atoms with Crippen molar-refractivity contribution in [2.75, 3.05) is 19.0 Å². The van der Waals surface area contributed by atoms with Crippen LogP contribution in [0.25, 0.3) is 0 Å². The summed E-state index contributed by atoms with van der Waals surface area (Å²) in [7, 11) is 1.33. The van der Waals surface area contributed by atoms with Crippen LogP contribution in [-0.2, 0) is 0 Å². The van der Waals surface area contributed by atoms with E-state index in [9.17, 15) is 14.9 Å². The fourth-order valence-corrected chi connectivity index (χ4v) is 2.24. The number of hydrogen-bond acceptors (Lipinski definition) is 5. The number of benzene rings is 2. The summed E-state index contributed by atoms with van der Waals surface area (Å²) in [6, 6.07) is 13.8. The highest BCUT2D eigenvalue weighted by Crippen LogP contribution is 2.30. The maximum atomic E-state index is 12.4. The predicted octanol–water partition coefficient (Wildman–Crippen LogP) is 2.83. The number of carbonyl (C=O) groups excluding carboxylic acids is 1. The zero-order valence-electron chi connectivity index (χ0n) is 13.5. The molecule has 24 heavy (non-hydrogen) atoms. The first-order valence-corrected chi connectivity index (χ1v) is 7.44. The minimum Gasteiger partial charge on any atom is -0.490 e. The number of methoxy groups -OCH3 is 1. The van der Waals surface area contributed by atoms with Crippen molar-refractivity contribution in [1.29, 1.82) is 0 Å². The van der Waals surface area contributed by atoms with Crippen LogP contribution in [0.2, 0.25) is 0 Å². The first-order valence-electron chi connectivity index (χ1n) is 7.44. The number of rotatable bonds is 7. The molecule has 1 atom stereocenters. The molecular formula is C17H19N3O4. The lowest BCUT2D eigenvalue weighted by Crippen LogP contribution is -2.37. The van der Waals surface area contributed by atoms with E-state index in [4.69, 9.17) is 4.74 Å². The number of hydrogen-bond donors (Lipinski definition) is 2. The smallest absolute Gasteiger partial charge is 0.323 e. The summed E-state index contributed by atoms with van der Waals surface area (Å²) in [5, 5.41) is 17.2. The standard InChI is InChI=1S/C17H19N3O4/c1-12(11-18-13-7-4-3-5-8-13)19-17(21)14-9-6-10-15(24-2)16(14)20(22)23/h3-10,12,18H,11H2,1-2H3,(H,19,21). The van der Waals surface area contributed by atoms with Crippen molar-refractivity contribution in [2.24, 2.45) is 0 Å². The van der Waals surface area contributed by atoms with E-state index in [1.807, 2.05) is 37.3 Å². The van der Waals surface area contributed by atoms with Gasteiger partial charge in [-0.25, -0.2) is 0 Å². The third kappa shape index (κ3) is 4.22. The van der Waals surface area contributed by atoms with Gasteiger partial charge in [0.15, 0.2) is 5.75 Å². The van der Waals surface area contributed by atoms with E-state index in [0.29, 0.717) is 6.54 Å². The van der Waals surface area contributed by atoms with Crippen molar-refractivity contribution in [2.45, 2.75) is 13.0 Å². The van der Waals surface area contributed by atoms with Gasteiger partial charge in [0, 0.05) is 18.3 Å². The molecule has 0 heterocycles. The lowest BCUT2D eigenvalue weighted by atomic mass is 10.1. The molecule has 0 aliphatic carbocycles. The summed E-state index contributed by atoms with van der Waals surface area (Å²) in [6.45, 7) is 2.31. The van der Waals surface area contributed by atoms with Crippen molar-refractivity contribution in [3.05, 3.63) is 64.2 Å². The highest BCUT2D eigenvalue weighted by molar-refractivity contribution is 5.99. The fourth-order valence-electron chi connectivity index (χ4n) is 2.24. The van der Waals surface area contributed by atoms with Crippen LogP contribution in [0.3, 0.4) is 0 Å². The first kappa shape index (κ1) is 17.3. The van der Waals surface area contributed by atoms with Gasteiger partial charge in [0.05, 0.1) is 12.0 Å². The Hall–Kier alpha value is -3.09. The third-order valence-electron chi connectivity index (χ3n) is 3.41. The van der Waals surface area contributed by atoms with E-state index in [-0.39, 0.29) is 23.0 Å². The van der Waals surface area contributed by atoms with Crippen LogP contribution in [0.5, 0.6) is 5.75 Å². The summed E-state index contributed by atoms with van der Waals surface area (Å²) in [5.41, 5.74) is 0.581. The maximum absolute atomic E-state index is 12.4. The molecule has 2 N–H and O–H groups in total.